The lowest BCUT2D eigenvalue weighted by Gasteiger charge is -1.76. The fraction of sp³-hybridized carbons (Fsp3) is 0.500. The summed E-state index contributed by atoms with van der Waals surface area (Å²) in [5.74, 6) is 0.0139. The number of hydrogen-bond donors (Lipinski definition) is 0. The standard InChI is InChI=1S/C2H2O3S/c3-2-1-6-5-4-2/h1H2. The van der Waals surface area contributed by atoms with Crippen LogP contribution in [0.5, 0.6) is 0 Å². The average molecular weight is 106 g/mol. The Hall–Kier alpha value is -0.220. The Morgan fingerprint density at radius 2 is 2.67 bits per heavy atom. The molecule has 0 amide bonds. The van der Waals surface area contributed by atoms with Gasteiger partial charge in [0.25, 0.3) is 0 Å². The smallest absolute Gasteiger partial charge is 0.285 e. The summed E-state index contributed by atoms with van der Waals surface area (Å²) in [5.41, 5.74) is 0. The molecule has 0 aromatic heterocycles. The monoisotopic (exact) mass is 106 g/mol. The minimum Gasteiger partial charge on any atom is -0.285 e. The number of carbonyl (C=O) groups excluding carboxylic acids is 1. The summed E-state index contributed by atoms with van der Waals surface area (Å²) in [6.45, 7) is 0. The second-order valence-electron chi connectivity index (χ2n) is 0.786. The molecule has 0 radical (unpaired) electrons. The third kappa shape index (κ3) is 0.636. The van der Waals surface area contributed by atoms with Gasteiger partial charge in [-0.2, -0.15) is 0 Å². The molecule has 0 aromatic rings. The van der Waals surface area contributed by atoms with Crippen molar-refractivity contribution in [2.24, 2.45) is 0 Å². The molecule has 6 heavy (non-hydrogen) atoms. The molecule has 1 heterocycles. The van der Waals surface area contributed by atoms with Crippen molar-refractivity contribution in [2.75, 3.05) is 5.75 Å². The van der Waals surface area contributed by atoms with E-state index in [1.165, 1.54) is 0 Å². The van der Waals surface area contributed by atoms with Crippen LogP contribution >= 0.6 is 12.0 Å². The van der Waals surface area contributed by atoms with E-state index >= 15 is 0 Å². The van der Waals surface area contributed by atoms with Crippen LogP contribution < -0.4 is 0 Å². The molecule has 1 aliphatic rings. The third-order valence-electron chi connectivity index (χ3n) is 0.352. The molecule has 0 saturated carbocycles. The SMILES string of the molecule is O=C1CSOO1. The van der Waals surface area contributed by atoms with Gasteiger partial charge in [0.1, 0.15) is 5.75 Å². The summed E-state index contributed by atoms with van der Waals surface area (Å²) in [4.78, 5) is 13.9. The topological polar surface area (TPSA) is 35.5 Å². The molecular weight excluding hydrogens is 104 g/mol. The Labute approximate surface area is 38.7 Å². The first-order valence-electron chi connectivity index (χ1n) is 1.38. The van der Waals surface area contributed by atoms with Gasteiger partial charge in [0.05, 0.1) is 12.0 Å². The van der Waals surface area contributed by atoms with E-state index < -0.39 is 0 Å². The Bertz CT molecular complexity index is 63.2. The van der Waals surface area contributed by atoms with Crippen molar-refractivity contribution < 1.29 is 14.0 Å². The minimum atomic E-state index is -0.306. The molecule has 34 valence electrons. The maximum Gasteiger partial charge on any atom is 0.356 e. The summed E-state index contributed by atoms with van der Waals surface area (Å²) in [6, 6.07) is 0. The molecule has 0 bridgehead atoms. The quantitative estimate of drug-likeness (QED) is 0.324. The molecule has 0 aliphatic carbocycles. The Kier molecular flexibility index (Phi) is 0.979. The maximum absolute atomic E-state index is 9.88. The van der Waals surface area contributed by atoms with Crippen LogP contribution in [-0.4, -0.2) is 11.7 Å². The summed E-state index contributed by atoms with van der Waals surface area (Å²) in [5, 5.41) is 0. The molecule has 3 nitrogen and oxygen atoms in total. The highest BCUT2D eigenvalue weighted by molar-refractivity contribution is 7.95. The predicted octanol–water partition coefficient (Wildman–Crippen LogP) is 0.123. The molecule has 0 atom stereocenters. The van der Waals surface area contributed by atoms with E-state index in [2.05, 4.69) is 9.22 Å². The third-order valence-corrected chi connectivity index (χ3v) is 0.870. The predicted molar refractivity (Wildman–Crippen MR) is 19.6 cm³/mol. The minimum absolute atomic E-state index is 0.306. The van der Waals surface area contributed by atoms with E-state index in [4.69, 9.17) is 0 Å². The van der Waals surface area contributed by atoms with Crippen LogP contribution in [0.1, 0.15) is 0 Å². The molecule has 4 heteroatoms. The van der Waals surface area contributed by atoms with E-state index in [-0.39, 0.29) is 5.97 Å². The Morgan fingerprint density at radius 1 is 1.83 bits per heavy atom. The Balaban J connectivity index is 2.37. The van der Waals surface area contributed by atoms with Crippen LogP contribution in [0.3, 0.4) is 0 Å². The maximum atomic E-state index is 9.88. The van der Waals surface area contributed by atoms with Gasteiger partial charge in [-0.05, 0) is 0 Å². The zero-order valence-corrected chi connectivity index (χ0v) is 3.66. The second kappa shape index (κ2) is 1.49. The van der Waals surface area contributed by atoms with Gasteiger partial charge in [0, 0.05) is 0 Å². The molecule has 0 N–H and O–H groups in total. The van der Waals surface area contributed by atoms with Crippen molar-refractivity contribution in [3.8, 4) is 0 Å². The second-order valence-corrected chi connectivity index (χ2v) is 1.45. The van der Waals surface area contributed by atoms with Gasteiger partial charge in [-0.3, -0.25) is 4.89 Å². The van der Waals surface area contributed by atoms with Gasteiger partial charge in [0.2, 0.25) is 0 Å². The zero-order chi connectivity index (χ0) is 4.41. The molecule has 0 aromatic carbocycles. The largest absolute Gasteiger partial charge is 0.356 e. The van der Waals surface area contributed by atoms with Gasteiger partial charge in [-0.1, -0.05) is 0 Å². The van der Waals surface area contributed by atoms with Crippen molar-refractivity contribution in [1.29, 1.82) is 0 Å². The van der Waals surface area contributed by atoms with Crippen molar-refractivity contribution in [3.05, 3.63) is 0 Å². The van der Waals surface area contributed by atoms with Gasteiger partial charge in [0.15, 0.2) is 0 Å². The lowest BCUT2D eigenvalue weighted by Crippen LogP contribution is -1.92. The van der Waals surface area contributed by atoms with Crippen LogP contribution in [0.4, 0.5) is 0 Å². The molecule has 1 saturated heterocycles. The van der Waals surface area contributed by atoms with Crippen LogP contribution in [0.25, 0.3) is 0 Å². The van der Waals surface area contributed by atoms with Crippen LogP contribution in [0, 0.1) is 0 Å². The van der Waals surface area contributed by atoms with E-state index in [9.17, 15) is 4.79 Å². The summed E-state index contributed by atoms with van der Waals surface area (Å²) in [6.07, 6.45) is 0. The van der Waals surface area contributed by atoms with E-state index in [1.54, 1.807) is 0 Å². The van der Waals surface area contributed by atoms with Gasteiger partial charge < -0.3 is 0 Å². The first kappa shape index (κ1) is 3.95. The van der Waals surface area contributed by atoms with Gasteiger partial charge in [-0.15, -0.1) is 4.33 Å². The van der Waals surface area contributed by atoms with Crippen LogP contribution in [-0.2, 0) is 14.0 Å². The summed E-state index contributed by atoms with van der Waals surface area (Å²) >= 11 is 1.01. The fourth-order valence-electron chi connectivity index (χ4n) is 0.158. The Morgan fingerprint density at radius 3 is 2.83 bits per heavy atom. The highest BCUT2D eigenvalue weighted by Crippen LogP contribution is 2.10. The molecule has 0 unspecified atom stereocenters. The first-order valence-corrected chi connectivity index (χ1v) is 2.29. The van der Waals surface area contributed by atoms with Crippen molar-refractivity contribution >= 4 is 18.0 Å². The van der Waals surface area contributed by atoms with Crippen molar-refractivity contribution in [3.63, 3.8) is 0 Å². The van der Waals surface area contributed by atoms with E-state index in [0.717, 1.165) is 12.0 Å². The molecular formula is C2H2O3S. The van der Waals surface area contributed by atoms with Crippen molar-refractivity contribution in [1.82, 2.24) is 0 Å². The number of rotatable bonds is 0. The van der Waals surface area contributed by atoms with Crippen LogP contribution in [0.2, 0.25) is 0 Å². The number of carbonyl (C=O) groups is 1. The highest BCUT2D eigenvalue weighted by atomic mass is 32.2. The lowest BCUT2D eigenvalue weighted by molar-refractivity contribution is -0.194. The number of hydrogen-bond acceptors (Lipinski definition) is 4. The molecule has 1 fully saturated rings. The van der Waals surface area contributed by atoms with Crippen molar-refractivity contribution in [2.45, 2.75) is 0 Å². The van der Waals surface area contributed by atoms with E-state index in [0.29, 0.717) is 5.75 Å². The first-order chi connectivity index (χ1) is 2.89. The lowest BCUT2D eigenvalue weighted by atomic mass is 10.8. The highest BCUT2D eigenvalue weighted by Gasteiger charge is 2.12. The zero-order valence-electron chi connectivity index (χ0n) is 2.84. The van der Waals surface area contributed by atoms with E-state index in [1.807, 2.05) is 0 Å². The fourth-order valence-corrected chi connectivity index (χ4v) is 0.475. The molecule has 1 rings (SSSR count). The molecule has 1 aliphatic heterocycles. The van der Waals surface area contributed by atoms with Gasteiger partial charge >= 0.3 is 5.97 Å². The normalized spacial score (nSPS) is 21.0. The van der Waals surface area contributed by atoms with Gasteiger partial charge in [-0.25, -0.2) is 4.79 Å². The summed E-state index contributed by atoms with van der Waals surface area (Å²) in [7, 11) is 0. The molecule has 0 spiro atoms. The van der Waals surface area contributed by atoms with Crippen LogP contribution in [0.15, 0.2) is 0 Å². The summed E-state index contributed by atoms with van der Waals surface area (Å²) < 4.78 is 4.12. The average Bonchev–Trinajstić information content (AvgIpc) is 1.86.